The zero-order valence-corrected chi connectivity index (χ0v) is 21.2. The summed E-state index contributed by atoms with van der Waals surface area (Å²) >= 11 is 0. The number of carbonyl (C=O) groups excluding carboxylic acids is 1. The van der Waals surface area contributed by atoms with Gasteiger partial charge in [0.15, 0.2) is 17.1 Å². The third kappa shape index (κ3) is 3.42. The largest absolute Gasteiger partial charge is 0.504 e. The molecule has 2 aliphatic heterocycles. The van der Waals surface area contributed by atoms with E-state index < -0.39 is 27.2 Å². The van der Waals surface area contributed by atoms with E-state index >= 15 is 0 Å². The molecule has 0 radical (unpaired) electrons. The summed E-state index contributed by atoms with van der Waals surface area (Å²) in [6.45, 7) is 3.31. The van der Waals surface area contributed by atoms with Gasteiger partial charge in [0.05, 0.1) is 29.0 Å². The molecule has 194 valence electrons. The summed E-state index contributed by atoms with van der Waals surface area (Å²) in [5.41, 5.74) is 0.650. The highest BCUT2D eigenvalue weighted by molar-refractivity contribution is 7.87. The van der Waals surface area contributed by atoms with E-state index in [0.717, 1.165) is 5.56 Å². The molecule has 38 heavy (non-hydrogen) atoms. The predicted octanol–water partition coefficient (Wildman–Crippen LogP) is 2.86. The number of ether oxygens (including phenoxy) is 1. The minimum Gasteiger partial charge on any atom is -0.504 e. The van der Waals surface area contributed by atoms with E-state index in [1.165, 1.54) is 28.8 Å². The second kappa shape index (κ2) is 8.14. The van der Waals surface area contributed by atoms with Gasteiger partial charge < -0.3 is 23.7 Å². The normalized spacial score (nSPS) is 18.0. The van der Waals surface area contributed by atoms with Crippen LogP contribution in [0.4, 0.5) is 0 Å². The summed E-state index contributed by atoms with van der Waals surface area (Å²) in [5.74, 6) is -1.48. The summed E-state index contributed by atoms with van der Waals surface area (Å²) in [7, 11) is -4.27. The van der Waals surface area contributed by atoms with Gasteiger partial charge in [-0.3, -0.25) is 4.79 Å². The van der Waals surface area contributed by atoms with Crippen molar-refractivity contribution >= 4 is 27.0 Å². The topological polar surface area (TPSA) is 145 Å². The molecule has 0 fully saturated rings. The average Bonchev–Trinajstić information content (AvgIpc) is 3.25. The summed E-state index contributed by atoms with van der Waals surface area (Å²) in [4.78, 5) is 30.3. The highest BCUT2D eigenvalue weighted by Crippen LogP contribution is 2.42. The number of phenolic OH excluding ortho intramolecular Hbond substituents is 1. The number of hydrogen-bond donors (Lipinski definition) is 2. The van der Waals surface area contributed by atoms with Crippen molar-refractivity contribution in [2.75, 3.05) is 0 Å². The number of aromatic hydroxyl groups is 1. The van der Waals surface area contributed by atoms with Gasteiger partial charge in [0.1, 0.15) is 11.5 Å². The number of pyridine rings is 2. The molecular weight excluding hydrogens is 512 g/mol. The fraction of sp³-hybridized carbons (Fsp3) is 0.222. The Kier molecular flexibility index (Phi) is 5.17. The Morgan fingerprint density at radius 1 is 1.13 bits per heavy atom. The van der Waals surface area contributed by atoms with Gasteiger partial charge in [-0.1, -0.05) is 24.6 Å². The molecule has 0 unspecified atom stereocenters. The van der Waals surface area contributed by atoms with E-state index in [-0.39, 0.29) is 52.5 Å². The molecule has 0 spiro atoms. The Bertz CT molecular complexity index is 1840. The van der Waals surface area contributed by atoms with Crippen LogP contribution >= 0.6 is 0 Å². The quantitative estimate of drug-likeness (QED) is 0.263. The number of carbonyl (C=O) groups is 1. The van der Waals surface area contributed by atoms with Crippen molar-refractivity contribution in [2.45, 2.75) is 43.9 Å². The SMILES string of the molecule is CC[C@@]1(O)C(=O)OCc2c1cc1n(c2=O)Cc2cc3c(OS(=O)(=O)c4ccc(C)cc4)c(O)ccc3nc2-1. The van der Waals surface area contributed by atoms with Crippen LogP contribution in [-0.2, 0) is 38.4 Å². The van der Waals surface area contributed by atoms with Gasteiger partial charge in [-0.25, -0.2) is 9.78 Å². The van der Waals surface area contributed by atoms with Crippen LogP contribution in [-0.4, -0.2) is 34.2 Å². The number of fused-ring (bicyclic) bond motifs is 5. The number of rotatable bonds is 4. The van der Waals surface area contributed by atoms with E-state index in [4.69, 9.17) is 8.92 Å². The maximum Gasteiger partial charge on any atom is 0.343 e. The van der Waals surface area contributed by atoms with Crippen molar-refractivity contribution in [3.8, 4) is 22.9 Å². The lowest BCUT2D eigenvalue weighted by Gasteiger charge is -2.31. The Labute approximate surface area is 216 Å². The number of aliphatic hydroxyl groups is 1. The van der Waals surface area contributed by atoms with Crippen molar-refractivity contribution in [1.29, 1.82) is 0 Å². The Hall–Kier alpha value is -4.22. The van der Waals surface area contributed by atoms with Gasteiger partial charge in [-0.15, -0.1) is 0 Å². The zero-order valence-electron chi connectivity index (χ0n) is 20.4. The molecule has 2 aromatic carbocycles. The summed E-state index contributed by atoms with van der Waals surface area (Å²) in [6, 6.07) is 12.1. The molecule has 6 rings (SSSR count). The molecule has 0 amide bonds. The standard InChI is InChI=1S/C27H22N2O8S/c1-3-27(33)19-11-21-23-15(12-29(21)25(31)18(19)13-36-26(27)32)10-17-20(28-23)8-9-22(30)24(17)37-38(34,35)16-6-4-14(2)5-7-16/h4-11,30,33H,3,12-13H2,1-2H3/t27-/m0/s1. The van der Waals surface area contributed by atoms with Crippen molar-refractivity contribution < 1.29 is 32.3 Å². The number of phenols is 1. The summed E-state index contributed by atoms with van der Waals surface area (Å²) < 4.78 is 37.9. The predicted molar refractivity (Wildman–Crippen MR) is 135 cm³/mol. The molecular formula is C27H22N2O8S. The third-order valence-electron chi connectivity index (χ3n) is 7.12. The van der Waals surface area contributed by atoms with Gasteiger partial charge in [0, 0.05) is 16.5 Å². The minimum atomic E-state index is -4.27. The monoisotopic (exact) mass is 534 g/mol. The van der Waals surface area contributed by atoms with Crippen LogP contribution in [0.2, 0.25) is 0 Å². The molecule has 2 N–H and O–H groups in total. The van der Waals surface area contributed by atoms with Crippen molar-refractivity contribution in [3.63, 3.8) is 0 Å². The maximum absolute atomic E-state index is 13.4. The van der Waals surface area contributed by atoms with E-state index in [2.05, 4.69) is 4.98 Å². The van der Waals surface area contributed by atoms with Crippen molar-refractivity contribution in [2.24, 2.45) is 0 Å². The number of benzene rings is 2. The summed E-state index contributed by atoms with van der Waals surface area (Å²) in [5, 5.41) is 21.8. The maximum atomic E-state index is 13.4. The highest BCUT2D eigenvalue weighted by atomic mass is 32.2. The van der Waals surface area contributed by atoms with Gasteiger partial charge >= 0.3 is 16.1 Å². The molecule has 10 nitrogen and oxygen atoms in total. The number of aryl methyl sites for hydroxylation is 1. The van der Waals surface area contributed by atoms with Crippen molar-refractivity contribution in [1.82, 2.24) is 9.55 Å². The second-order valence-corrected chi connectivity index (χ2v) is 11.0. The lowest BCUT2D eigenvalue weighted by atomic mass is 9.86. The van der Waals surface area contributed by atoms with Gasteiger partial charge in [0.2, 0.25) is 0 Å². The molecule has 4 heterocycles. The third-order valence-corrected chi connectivity index (χ3v) is 8.36. The van der Waals surface area contributed by atoms with E-state index in [1.807, 2.05) is 6.92 Å². The lowest BCUT2D eigenvalue weighted by Crippen LogP contribution is -2.44. The van der Waals surface area contributed by atoms with Crippen LogP contribution in [0.1, 0.15) is 35.6 Å². The fourth-order valence-electron chi connectivity index (χ4n) is 4.97. The number of hydrogen-bond acceptors (Lipinski definition) is 9. The number of aromatic nitrogens is 2. The zero-order chi connectivity index (χ0) is 27.0. The van der Waals surface area contributed by atoms with Gasteiger partial charge in [-0.2, -0.15) is 8.42 Å². The van der Waals surface area contributed by atoms with E-state index in [0.29, 0.717) is 22.5 Å². The molecule has 4 aromatic rings. The van der Waals surface area contributed by atoms with E-state index in [1.54, 1.807) is 31.2 Å². The van der Waals surface area contributed by atoms with E-state index in [9.17, 15) is 28.2 Å². The number of esters is 1. The van der Waals surface area contributed by atoms with Crippen LogP contribution in [0, 0.1) is 6.92 Å². The first-order chi connectivity index (χ1) is 18.0. The van der Waals surface area contributed by atoms with Crippen LogP contribution in [0.3, 0.4) is 0 Å². The van der Waals surface area contributed by atoms with Crippen LogP contribution in [0.15, 0.2) is 58.2 Å². The molecule has 0 saturated heterocycles. The molecule has 0 aliphatic carbocycles. The first-order valence-electron chi connectivity index (χ1n) is 11.9. The second-order valence-electron chi connectivity index (χ2n) is 9.43. The molecule has 2 aliphatic rings. The fourth-order valence-corrected chi connectivity index (χ4v) is 5.93. The van der Waals surface area contributed by atoms with Crippen LogP contribution in [0.5, 0.6) is 11.5 Å². The molecule has 1 atom stereocenters. The van der Waals surface area contributed by atoms with Gasteiger partial charge in [-0.05, 0) is 49.7 Å². The molecule has 2 aromatic heterocycles. The first kappa shape index (κ1) is 24.1. The molecule has 0 bridgehead atoms. The van der Waals surface area contributed by atoms with Crippen LogP contribution in [0.25, 0.3) is 22.3 Å². The lowest BCUT2D eigenvalue weighted by molar-refractivity contribution is -0.172. The Morgan fingerprint density at radius 2 is 1.87 bits per heavy atom. The number of cyclic esters (lactones) is 1. The van der Waals surface area contributed by atoms with Crippen molar-refractivity contribution in [3.05, 3.63) is 81.1 Å². The first-order valence-corrected chi connectivity index (χ1v) is 13.3. The van der Waals surface area contributed by atoms with Crippen LogP contribution < -0.4 is 9.74 Å². The average molecular weight is 535 g/mol. The molecule has 11 heteroatoms. The highest BCUT2D eigenvalue weighted by Gasteiger charge is 2.45. The Morgan fingerprint density at radius 3 is 2.58 bits per heavy atom. The van der Waals surface area contributed by atoms with Gasteiger partial charge in [0.25, 0.3) is 5.56 Å². The molecule has 0 saturated carbocycles. The number of nitrogens with zero attached hydrogens (tertiary/aromatic N) is 2. The smallest absolute Gasteiger partial charge is 0.343 e. The minimum absolute atomic E-state index is 0.0230. The summed E-state index contributed by atoms with van der Waals surface area (Å²) in [6.07, 6.45) is 0.0230. The Balaban J connectivity index is 1.50.